The number of rotatable bonds is 2. The summed E-state index contributed by atoms with van der Waals surface area (Å²) >= 11 is 0. The minimum absolute atomic E-state index is 1.13. The molecule has 0 bridgehead atoms. The van der Waals surface area contributed by atoms with E-state index in [-0.39, 0.29) is 0 Å². The standard InChI is InChI=1S/C26H44/c1-3-9-19(10-4-1)25-17-23-15-21-13-7-8-14-22(21)16-24(23)18-26(25)20-11-5-2-6-12-20/h19-26H,1-18H2/t21-,22+,23-,24+,25-,26?/m0/s1. The van der Waals surface area contributed by atoms with Crippen LogP contribution < -0.4 is 0 Å². The first-order valence-electron chi connectivity index (χ1n) is 12.9. The third-order valence-corrected chi connectivity index (χ3v) is 10.2. The molecule has 5 saturated carbocycles. The highest BCUT2D eigenvalue weighted by Gasteiger charge is 2.47. The van der Waals surface area contributed by atoms with E-state index in [0.717, 1.165) is 47.3 Å². The lowest BCUT2D eigenvalue weighted by atomic mass is 9.52. The lowest BCUT2D eigenvalue weighted by molar-refractivity contribution is -0.0353. The largest absolute Gasteiger partial charge is 0.0533 e. The van der Waals surface area contributed by atoms with Crippen LogP contribution in [0.4, 0.5) is 0 Å². The van der Waals surface area contributed by atoms with Gasteiger partial charge in [-0.3, -0.25) is 0 Å². The average Bonchev–Trinajstić information content (AvgIpc) is 2.72. The molecular formula is C26H44. The van der Waals surface area contributed by atoms with Crippen molar-refractivity contribution in [3.8, 4) is 0 Å². The zero-order chi connectivity index (χ0) is 17.3. The predicted molar refractivity (Wildman–Crippen MR) is 111 cm³/mol. The molecule has 0 aromatic carbocycles. The smallest absolute Gasteiger partial charge is 0.0352 e. The number of hydrogen-bond donors (Lipinski definition) is 0. The van der Waals surface area contributed by atoms with Gasteiger partial charge in [-0.1, -0.05) is 89.9 Å². The SMILES string of the molecule is C1CCC(C2C[C@H]3C[C@H]4CCCC[C@H]4C[C@H]3C[C@H]2C2CCCCC2)CC1. The molecule has 5 fully saturated rings. The lowest BCUT2D eigenvalue weighted by Gasteiger charge is -2.53. The quantitative estimate of drug-likeness (QED) is 0.470. The third-order valence-electron chi connectivity index (χ3n) is 10.2. The van der Waals surface area contributed by atoms with Gasteiger partial charge >= 0.3 is 0 Å². The van der Waals surface area contributed by atoms with E-state index in [2.05, 4.69) is 0 Å². The Balaban J connectivity index is 1.33. The highest BCUT2D eigenvalue weighted by molar-refractivity contribution is 4.97. The van der Waals surface area contributed by atoms with E-state index in [4.69, 9.17) is 0 Å². The van der Waals surface area contributed by atoms with Crippen LogP contribution in [0.3, 0.4) is 0 Å². The molecule has 6 atom stereocenters. The second-order valence-corrected chi connectivity index (χ2v) is 11.4. The molecule has 0 aromatic rings. The summed E-state index contributed by atoms with van der Waals surface area (Å²) in [6.07, 6.45) is 28.6. The zero-order valence-electron chi connectivity index (χ0n) is 17.3. The maximum Gasteiger partial charge on any atom is -0.0352 e. The van der Waals surface area contributed by atoms with Crippen molar-refractivity contribution < 1.29 is 0 Å². The Morgan fingerprint density at radius 1 is 0.269 bits per heavy atom. The summed E-state index contributed by atoms with van der Waals surface area (Å²) in [5.74, 6) is 9.09. The van der Waals surface area contributed by atoms with E-state index < -0.39 is 0 Å². The van der Waals surface area contributed by atoms with Gasteiger partial charge < -0.3 is 0 Å². The average molecular weight is 357 g/mol. The van der Waals surface area contributed by atoms with Gasteiger partial charge in [0.1, 0.15) is 0 Å². The number of hydrogen-bond acceptors (Lipinski definition) is 0. The molecule has 26 heavy (non-hydrogen) atoms. The molecule has 0 N–H and O–H groups in total. The normalized spacial score (nSPS) is 45.7. The molecule has 148 valence electrons. The van der Waals surface area contributed by atoms with E-state index >= 15 is 0 Å². The first-order chi connectivity index (χ1) is 12.9. The molecular weight excluding hydrogens is 312 g/mol. The molecule has 5 rings (SSSR count). The molecule has 0 heteroatoms. The number of fused-ring (bicyclic) bond motifs is 2. The fraction of sp³-hybridized carbons (Fsp3) is 1.00. The van der Waals surface area contributed by atoms with Crippen LogP contribution in [0.2, 0.25) is 0 Å². The summed E-state index contributed by atoms with van der Waals surface area (Å²) in [6, 6.07) is 0. The molecule has 0 amide bonds. The Morgan fingerprint density at radius 3 is 1.04 bits per heavy atom. The molecule has 0 aromatic heterocycles. The van der Waals surface area contributed by atoms with Crippen molar-refractivity contribution in [1.82, 2.24) is 0 Å². The first-order valence-corrected chi connectivity index (χ1v) is 12.9. The summed E-state index contributed by atoms with van der Waals surface area (Å²) in [7, 11) is 0. The fourth-order valence-corrected chi connectivity index (χ4v) is 8.90. The second-order valence-electron chi connectivity index (χ2n) is 11.4. The van der Waals surface area contributed by atoms with Gasteiger partial charge in [0.25, 0.3) is 0 Å². The van der Waals surface area contributed by atoms with Crippen molar-refractivity contribution in [2.24, 2.45) is 47.3 Å². The summed E-state index contributed by atoms with van der Waals surface area (Å²) in [5.41, 5.74) is 0. The Hall–Kier alpha value is 0. The maximum atomic E-state index is 1.67. The maximum absolute atomic E-state index is 1.67. The van der Waals surface area contributed by atoms with Gasteiger partial charge in [0.2, 0.25) is 0 Å². The van der Waals surface area contributed by atoms with Crippen LogP contribution in [0.5, 0.6) is 0 Å². The van der Waals surface area contributed by atoms with E-state index in [1.54, 1.807) is 103 Å². The zero-order valence-corrected chi connectivity index (χ0v) is 17.3. The minimum Gasteiger partial charge on any atom is -0.0533 e. The Bertz CT molecular complexity index is 399. The van der Waals surface area contributed by atoms with Gasteiger partial charge in [-0.15, -0.1) is 0 Å². The Morgan fingerprint density at radius 2 is 0.615 bits per heavy atom. The molecule has 0 spiro atoms. The minimum atomic E-state index is 1.13. The summed E-state index contributed by atoms with van der Waals surface area (Å²) < 4.78 is 0. The van der Waals surface area contributed by atoms with Crippen LogP contribution >= 0.6 is 0 Å². The van der Waals surface area contributed by atoms with Crippen LogP contribution in [-0.4, -0.2) is 0 Å². The van der Waals surface area contributed by atoms with E-state index in [1.165, 1.54) is 12.8 Å². The summed E-state index contributed by atoms with van der Waals surface area (Å²) in [4.78, 5) is 0. The highest BCUT2D eigenvalue weighted by atomic mass is 14.5. The van der Waals surface area contributed by atoms with Crippen LogP contribution in [0.25, 0.3) is 0 Å². The van der Waals surface area contributed by atoms with Gasteiger partial charge in [-0.2, -0.15) is 0 Å². The molecule has 1 unspecified atom stereocenters. The van der Waals surface area contributed by atoms with Crippen LogP contribution in [0.15, 0.2) is 0 Å². The van der Waals surface area contributed by atoms with Gasteiger partial charge in [0, 0.05) is 0 Å². The molecule has 0 radical (unpaired) electrons. The van der Waals surface area contributed by atoms with Crippen molar-refractivity contribution in [2.75, 3.05) is 0 Å². The van der Waals surface area contributed by atoms with Crippen LogP contribution in [0, 0.1) is 47.3 Å². The van der Waals surface area contributed by atoms with Gasteiger partial charge in [-0.25, -0.2) is 0 Å². The van der Waals surface area contributed by atoms with Crippen molar-refractivity contribution >= 4 is 0 Å². The first kappa shape index (κ1) is 18.1. The second kappa shape index (κ2) is 8.16. The Labute approximate surface area is 163 Å². The van der Waals surface area contributed by atoms with E-state index in [1.807, 2.05) is 0 Å². The molecule has 5 aliphatic carbocycles. The van der Waals surface area contributed by atoms with Crippen molar-refractivity contribution in [1.29, 1.82) is 0 Å². The molecule has 0 aliphatic heterocycles. The molecule has 0 nitrogen and oxygen atoms in total. The topological polar surface area (TPSA) is 0 Å². The van der Waals surface area contributed by atoms with Gasteiger partial charge in [0.15, 0.2) is 0 Å². The van der Waals surface area contributed by atoms with Gasteiger partial charge in [0.05, 0.1) is 0 Å². The monoisotopic (exact) mass is 356 g/mol. The van der Waals surface area contributed by atoms with E-state index in [0.29, 0.717) is 0 Å². The fourth-order valence-electron chi connectivity index (χ4n) is 8.90. The Kier molecular flexibility index (Phi) is 5.67. The molecule has 5 aliphatic rings. The lowest BCUT2D eigenvalue weighted by Crippen LogP contribution is -2.44. The van der Waals surface area contributed by atoms with E-state index in [9.17, 15) is 0 Å². The molecule has 0 saturated heterocycles. The third kappa shape index (κ3) is 3.65. The highest BCUT2D eigenvalue weighted by Crippen LogP contribution is 2.57. The molecule has 0 heterocycles. The van der Waals surface area contributed by atoms with Crippen LogP contribution in [-0.2, 0) is 0 Å². The predicted octanol–water partition coefficient (Wildman–Crippen LogP) is 8.01. The van der Waals surface area contributed by atoms with Crippen LogP contribution in [0.1, 0.15) is 116 Å². The van der Waals surface area contributed by atoms with Crippen molar-refractivity contribution in [2.45, 2.75) is 116 Å². The van der Waals surface area contributed by atoms with Crippen molar-refractivity contribution in [3.05, 3.63) is 0 Å². The summed E-state index contributed by atoms with van der Waals surface area (Å²) in [5, 5.41) is 0. The van der Waals surface area contributed by atoms with Crippen molar-refractivity contribution in [3.63, 3.8) is 0 Å². The van der Waals surface area contributed by atoms with Gasteiger partial charge in [-0.05, 0) is 73.0 Å². The summed E-state index contributed by atoms with van der Waals surface area (Å²) in [6.45, 7) is 0.